The fraction of sp³-hybridized carbons (Fsp3) is 0.800. The minimum atomic E-state index is -0.521. The molecule has 0 saturated carbocycles. The van der Waals surface area contributed by atoms with Crippen LogP contribution in [0, 0.1) is 13.8 Å². The Morgan fingerprint density at radius 3 is 2.65 bits per heavy atom. The van der Waals surface area contributed by atoms with Gasteiger partial charge in [-0.05, 0) is 53.8 Å². The molecule has 1 aromatic heterocycles. The van der Waals surface area contributed by atoms with Gasteiger partial charge in [0.05, 0.1) is 17.8 Å². The van der Waals surface area contributed by atoms with Crippen LogP contribution >= 0.6 is 11.3 Å². The van der Waals surface area contributed by atoms with Gasteiger partial charge in [0.25, 0.3) is 0 Å². The number of rotatable bonds is 4. The Balaban J connectivity index is 1.92. The Morgan fingerprint density at radius 2 is 2.05 bits per heavy atom. The molecule has 1 N–H and O–H groups in total. The van der Waals surface area contributed by atoms with Crippen molar-refractivity contribution in [1.29, 1.82) is 0 Å². The Kier molecular flexibility index (Phi) is 5.18. The van der Waals surface area contributed by atoms with Crippen LogP contribution in [0.1, 0.15) is 34.8 Å². The molecule has 4 nitrogen and oxygen atoms in total. The van der Waals surface area contributed by atoms with E-state index in [1.807, 2.05) is 14.1 Å². The molecule has 1 aromatic rings. The van der Waals surface area contributed by atoms with Crippen molar-refractivity contribution in [2.75, 3.05) is 33.7 Å². The third-order valence-corrected chi connectivity index (χ3v) is 5.11. The number of aliphatic hydroxyl groups is 1. The maximum absolute atomic E-state index is 10.7. The van der Waals surface area contributed by atoms with Gasteiger partial charge in [-0.25, -0.2) is 4.98 Å². The second kappa shape index (κ2) is 6.52. The normalized spacial score (nSPS) is 25.1. The van der Waals surface area contributed by atoms with Crippen LogP contribution in [0.3, 0.4) is 0 Å². The van der Waals surface area contributed by atoms with E-state index in [-0.39, 0.29) is 0 Å². The third kappa shape index (κ3) is 4.25. The molecule has 0 amide bonds. The Hall–Kier alpha value is -0.490. The van der Waals surface area contributed by atoms with E-state index in [4.69, 9.17) is 0 Å². The summed E-state index contributed by atoms with van der Waals surface area (Å²) in [5.74, 6) is 0. The molecule has 1 atom stereocenters. The Morgan fingerprint density at radius 1 is 1.30 bits per heavy atom. The van der Waals surface area contributed by atoms with Crippen LogP contribution in [0.5, 0.6) is 0 Å². The number of nitrogens with zero attached hydrogens (tertiary/aromatic N) is 3. The fourth-order valence-electron chi connectivity index (χ4n) is 2.94. The fourth-order valence-corrected chi connectivity index (χ4v) is 3.91. The molecule has 1 aliphatic rings. The van der Waals surface area contributed by atoms with Gasteiger partial charge in [0, 0.05) is 18.0 Å². The van der Waals surface area contributed by atoms with Crippen molar-refractivity contribution < 1.29 is 5.11 Å². The lowest BCUT2D eigenvalue weighted by molar-refractivity contribution is 0.00257. The number of thiazole rings is 1. The van der Waals surface area contributed by atoms with Crippen LogP contribution in [0.25, 0.3) is 0 Å². The highest BCUT2D eigenvalue weighted by molar-refractivity contribution is 7.11. The molecule has 0 radical (unpaired) electrons. The van der Waals surface area contributed by atoms with Gasteiger partial charge in [-0.1, -0.05) is 0 Å². The summed E-state index contributed by atoms with van der Waals surface area (Å²) in [4.78, 5) is 10.5. The van der Waals surface area contributed by atoms with Crippen molar-refractivity contribution in [3.8, 4) is 0 Å². The molecule has 0 aromatic carbocycles. The third-order valence-electron chi connectivity index (χ3n) is 4.05. The van der Waals surface area contributed by atoms with Crippen LogP contribution in [0.2, 0.25) is 0 Å². The molecule has 20 heavy (non-hydrogen) atoms. The van der Waals surface area contributed by atoms with Crippen molar-refractivity contribution in [2.45, 2.75) is 45.3 Å². The van der Waals surface area contributed by atoms with Crippen molar-refractivity contribution in [3.63, 3.8) is 0 Å². The largest absolute Gasteiger partial charge is 0.389 e. The van der Waals surface area contributed by atoms with E-state index in [0.717, 1.165) is 51.1 Å². The zero-order chi connectivity index (χ0) is 14.8. The van der Waals surface area contributed by atoms with E-state index in [9.17, 15) is 5.11 Å². The molecule has 1 aliphatic heterocycles. The molecule has 2 heterocycles. The van der Waals surface area contributed by atoms with Gasteiger partial charge in [0.2, 0.25) is 0 Å². The van der Waals surface area contributed by atoms with Crippen LogP contribution in [0.4, 0.5) is 0 Å². The minimum Gasteiger partial charge on any atom is -0.389 e. The lowest BCUT2D eigenvalue weighted by atomic mass is 9.94. The monoisotopic (exact) mass is 297 g/mol. The number of likely N-dealkylation sites (N-methyl/N-ethyl adjacent to an activating group) is 1. The summed E-state index contributed by atoms with van der Waals surface area (Å²) in [6.45, 7) is 7.92. The number of likely N-dealkylation sites (tertiary alicyclic amines) is 1. The molecule has 1 saturated heterocycles. The Labute approximate surface area is 126 Å². The molecule has 5 heteroatoms. The first kappa shape index (κ1) is 15.9. The number of aromatic nitrogens is 1. The topological polar surface area (TPSA) is 39.6 Å². The first-order valence-electron chi connectivity index (χ1n) is 7.40. The first-order valence-corrected chi connectivity index (χ1v) is 8.22. The van der Waals surface area contributed by atoms with E-state index < -0.39 is 5.60 Å². The van der Waals surface area contributed by atoms with E-state index in [0.29, 0.717) is 0 Å². The zero-order valence-corrected chi connectivity index (χ0v) is 14.0. The standard InChI is InChI=1S/C15H27N3OS/c1-12-13(2)20-14(16-12)10-18-8-5-6-15(19,7-9-18)11-17(3)4/h19H,5-11H2,1-4H3/t15-/m0/s1. The summed E-state index contributed by atoms with van der Waals surface area (Å²) in [7, 11) is 4.06. The van der Waals surface area contributed by atoms with Gasteiger partial charge in [-0.3, -0.25) is 4.90 Å². The van der Waals surface area contributed by atoms with Crippen molar-refractivity contribution >= 4 is 11.3 Å². The summed E-state index contributed by atoms with van der Waals surface area (Å²) in [6.07, 6.45) is 2.82. The van der Waals surface area contributed by atoms with Crippen molar-refractivity contribution in [1.82, 2.24) is 14.8 Å². The highest BCUT2D eigenvalue weighted by Gasteiger charge is 2.30. The van der Waals surface area contributed by atoms with Crippen molar-refractivity contribution in [3.05, 3.63) is 15.6 Å². The molecular weight excluding hydrogens is 270 g/mol. The van der Waals surface area contributed by atoms with Gasteiger partial charge in [-0.15, -0.1) is 11.3 Å². The average Bonchev–Trinajstić information content (AvgIpc) is 2.54. The quantitative estimate of drug-likeness (QED) is 0.923. The van der Waals surface area contributed by atoms with Gasteiger partial charge in [0.15, 0.2) is 0 Å². The van der Waals surface area contributed by atoms with Gasteiger partial charge < -0.3 is 10.0 Å². The second-order valence-corrected chi connectivity index (χ2v) is 7.63. The Bertz CT molecular complexity index is 427. The van der Waals surface area contributed by atoms with E-state index in [1.165, 1.54) is 9.88 Å². The predicted octanol–water partition coefficient (Wildman–Crippen LogP) is 2.04. The SMILES string of the molecule is Cc1nc(CN2CCC[C@@](O)(CN(C)C)CC2)sc1C. The number of aryl methyl sites for hydroxylation is 2. The molecular formula is C15H27N3OS. The summed E-state index contributed by atoms with van der Waals surface area (Å²) in [5, 5.41) is 11.9. The van der Waals surface area contributed by atoms with E-state index in [2.05, 4.69) is 28.6 Å². The van der Waals surface area contributed by atoms with E-state index in [1.54, 1.807) is 11.3 Å². The minimum absolute atomic E-state index is 0.521. The van der Waals surface area contributed by atoms with Crippen LogP contribution < -0.4 is 0 Å². The highest BCUT2D eigenvalue weighted by atomic mass is 32.1. The lowest BCUT2D eigenvalue weighted by Gasteiger charge is -2.29. The lowest BCUT2D eigenvalue weighted by Crippen LogP contribution is -2.40. The highest BCUT2D eigenvalue weighted by Crippen LogP contribution is 2.25. The first-order chi connectivity index (χ1) is 9.38. The molecule has 0 aliphatic carbocycles. The summed E-state index contributed by atoms with van der Waals surface area (Å²) in [6, 6.07) is 0. The number of hydrogen-bond donors (Lipinski definition) is 1. The van der Waals surface area contributed by atoms with Crippen molar-refractivity contribution in [2.24, 2.45) is 0 Å². The number of hydrogen-bond acceptors (Lipinski definition) is 5. The summed E-state index contributed by atoms with van der Waals surface area (Å²) < 4.78 is 0. The molecule has 0 unspecified atom stereocenters. The molecule has 0 bridgehead atoms. The molecule has 114 valence electrons. The molecule has 1 fully saturated rings. The maximum atomic E-state index is 10.7. The second-order valence-electron chi connectivity index (χ2n) is 6.34. The van der Waals surface area contributed by atoms with Gasteiger partial charge >= 0.3 is 0 Å². The summed E-state index contributed by atoms with van der Waals surface area (Å²) in [5.41, 5.74) is 0.636. The summed E-state index contributed by atoms with van der Waals surface area (Å²) >= 11 is 1.80. The predicted molar refractivity (Wildman–Crippen MR) is 84.2 cm³/mol. The van der Waals surface area contributed by atoms with Crippen LogP contribution in [-0.2, 0) is 6.54 Å². The molecule has 2 rings (SSSR count). The van der Waals surface area contributed by atoms with E-state index >= 15 is 0 Å². The molecule has 0 spiro atoms. The smallest absolute Gasteiger partial charge is 0.107 e. The van der Waals surface area contributed by atoms with Crippen LogP contribution in [0.15, 0.2) is 0 Å². The maximum Gasteiger partial charge on any atom is 0.107 e. The van der Waals surface area contributed by atoms with Gasteiger partial charge in [-0.2, -0.15) is 0 Å². The van der Waals surface area contributed by atoms with Gasteiger partial charge in [0.1, 0.15) is 5.01 Å². The van der Waals surface area contributed by atoms with Crippen LogP contribution in [-0.4, -0.2) is 59.2 Å². The average molecular weight is 297 g/mol. The zero-order valence-electron chi connectivity index (χ0n) is 13.1.